The van der Waals surface area contributed by atoms with Crippen LogP contribution in [0.2, 0.25) is 0 Å². The normalized spacial score (nSPS) is 11.1. The van der Waals surface area contributed by atoms with Gasteiger partial charge in [0.1, 0.15) is 11.3 Å². The molecule has 0 spiro atoms. The summed E-state index contributed by atoms with van der Waals surface area (Å²) < 4.78 is 1.89. The molecule has 1 aromatic carbocycles. The number of nitrogens with one attached hydrogen (secondary N) is 1. The summed E-state index contributed by atoms with van der Waals surface area (Å²) >= 11 is 0. The molecule has 0 saturated heterocycles. The summed E-state index contributed by atoms with van der Waals surface area (Å²) in [6.45, 7) is 0.817. The zero-order valence-electron chi connectivity index (χ0n) is 12.0. The molecule has 3 aromatic heterocycles. The van der Waals surface area contributed by atoms with Crippen LogP contribution in [0.15, 0.2) is 61.1 Å². The van der Waals surface area contributed by atoms with Crippen molar-refractivity contribution in [3.05, 3.63) is 66.6 Å². The number of hydrogen-bond donors (Lipinski definition) is 1. The Morgan fingerprint density at radius 2 is 1.95 bits per heavy atom. The predicted octanol–water partition coefficient (Wildman–Crippen LogP) is 3.06. The topological polar surface area (TPSA) is 59.4 Å². The summed E-state index contributed by atoms with van der Waals surface area (Å²) in [5.41, 5.74) is 4.08. The van der Waals surface area contributed by atoms with E-state index in [9.17, 15) is 0 Å². The molecule has 0 amide bonds. The second-order valence-corrected chi connectivity index (χ2v) is 5.20. The Morgan fingerprint density at radius 3 is 2.86 bits per heavy atom. The number of hydrogen-bond acceptors (Lipinski definition) is 3. The van der Waals surface area contributed by atoms with Gasteiger partial charge in [-0.1, -0.05) is 35.5 Å². The average molecular weight is 289 g/mol. The third-order valence-corrected chi connectivity index (χ3v) is 3.74. The van der Waals surface area contributed by atoms with Gasteiger partial charge in [-0.3, -0.25) is 4.68 Å². The lowest BCUT2D eigenvalue weighted by atomic mass is 10.1. The van der Waals surface area contributed by atoms with Gasteiger partial charge in [0.15, 0.2) is 0 Å². The van der Waals surface area contributed by atoms with E-state index in [1.54, 1.807) is 6.20 Å². The van der Waals surface area contributed by atoms with E-state index in [4.69, 9.17) is 0 Å². The van der Waals surface area contributed by atoms with Gasteiger partial charge in [0.2, 0.25) is 0 Å². The molecule has 4 rings (SSSR count). The summed E-state index contributed by atoms with van der Waals surface area (Å²) in [6.07, 6.45) is 6.64. The monoisotopic (exact) mass is 289 g/mol. The minimum atomic E-state index is 0.817. The maximum atomic E-state index is 4.30. The predicted molar refractivity (Wildman–Crippen MR) is 85.3 cm³/mol. The highest BCUT2D eigenvalue weighted by atomic mass is 15.4. The molecule has 0 aliphatic heterocycles. The fourth-order valence-electron chi connectivity index (χ4n) is 2.59. The van der Waals surface area contributed by atoms with Crippen molar-refractivity contribution >= 4 is 11.0 Å². The summed E-state index contributed by atoms with van der Waals surface area (Å²) in [5, 5.41) is 9.58. The van der Waals surface area contributed by atoms with Crippen LogP contribution in [-0.4, -0.2) is 25.0 Å². The number of aryl methyl sites for hydroxylation is 2. The fraction of sp³-hybridized carbons (Fsp3) is 0.118. The Hall–Kier alpha value is -2.95. The zero-order valence-corrected chi connectivity index (χ0v) is 12.0. The van der Waals surface area contributed by atoms with Gasteiger partial charge in [-0.05, 0) is 24.1 Å². The lowest BCUT2D eigenvalue weighted by molar-refractivity contribution is 0.589. The second kappa shape index (κ2) is 5.44. The van der Waals surface area contributed by atoms with Crippen LogP contribution >= 0.6 is 0 Å². The second-order valence-electron chi connectivity index (χ2n) is 5.20. The highest BCUT2D eigenvalue weighted by molar-refractivity contribution is 5.92. The maximum absolute atomic E-state index is 4.30. The Labute approximate surface area is 127 Å². The molecule has 0 atom stereocenters. The number of aromatic amines is 1. The van der Waals surface area contributed by atoms with Gasteiger partial charge >= 0.3 is 0 Å². The lowest BCUT2D eigenvalue weighted by Crippen LogP contribution is -2.01. The van der Waals surface area contributed by atoms with E-state index in [-0.39, 0.29) is 0 Å². The molecule has 5 nitrogen and oxygen atoms in total. The third-order valence-electron chi connectivity index (χ3n) is 3.74. The first-order chi connectivity index (χ1) is 10.9. The van der Waals surface area contributed by atoms with E-state index in [0.717, 1.165) is 35.3 Å². The molecule has 0 aliphatic carbocycles. The Bertz CT molecular complexity index is 891. The van der Waals surface area contributed by atoms with Crippen LogP contribution in [0.25, 0.3) is 22.3 Å². The molecular weight excluding hydrogens is 274 g/mol. The fourth-order valence-corrected chi connectivity index (χ4v) is 2.59. The molecule has 0 radical (unpaired) electrons. The van der Waals surface area contributed by atoms with Crippen molar-refractivity contribution in [2.75, 3.05) is 0 Å². The summed E-state index contributed by atoms with van der Waals surface area (Å²) in [7, 11) is 0. The Balaban J connectivity index is 1.56. The van der Waals surface area contributed by atoms with Crippen LogP contribution in [0.4, 0.5) is 0 Å². The standard InChI is InChI=1S/C17H15N5/c1-2-5-13(6-3-1)8-10-22-12-16(20-21-22)15-11-19-17-14(15)7-4-9-18-17/h1-7,9,11-12H,8,10H2,(H,18,19). The van der Waals surface area contributed by atoms with Crippen molar-refractivity contribution in [2.45, 2.75) is 13.0 Å². The largest absolute Gasteiger partial charge is 0.345 e. The number of fused-ring (bicyclic) bond motifs is 1. The van der Waals surface area contributed by atoms with E-state index < -0.39 is 0 Å². The molecule has 0 aliphatic rings. The van der Waals surface area contributed by atoms with E-state index >= 15 is 0 Å². The van der Waals surface area contributed by atoms with Gasteiger partial charge in [-0.25, -0.2) is 4.98 Å². The number of rotatable bonds is 4. The molecule has 108 valence electrons. The quantitative estimate of drug-likeness (QED) is 0.628. The number of H-pyrrole nitrogens is 1. The molecule has 22 heavy (non-hydrogen) atoms. The van der Waals surface area contributed by atoms with Gasteiger partial charge < -0.3 is 4.98 Å². The molecule has 5 heteroatoms. The molecule has 1 N–H and O–H groups in total. The van der Waals surface area contributed by atoms with Gasteiger partial charge in [0.05, 0.1) is 6.20 Å². The van der Waals surface area contributed by atoms with Gasteiger partial charge in [-0.2, -0.15) is 0 Å². The van der Waals surface area contributed by atoms with Crippen molar-refractivity contribution in [3.63, 3.8) is 0 Å². The first-order valence-electron chi connectivity index (χ1n) is 7.27. The maximum Gasteiger partial charge on any atom is 0.137 e. The van der Waals surface area contributed by atoms with Crippen molar-refractivity contribution < 1.29 is 0 Å². The Kier molecular flexibility index (Phi) is 3.16. The van der Waals surface area contributed by atoms with Gasteiger partial charge in [0.25, 0.3) is 0 Å². The zero-order chi connectivity index (χ0) is 14.8. The molecule has 4 aromatic rings. The number of aromatic nitrogens is 5. The smallest absolute Gasteiger partial charge is 0.137 e. The van der Waals surface area contributed by atoms with E-state index in [1.807, 2.05) is 35.3 Å². The van der Waals surface area contributed by atoms with Gasteiger partial charge in [-0.15, -0.1) is 5.10 Å². The van der Waals surface area contributed by atoms with Gasteiger partial charge in [0, 0.05) is 29.9 Å². The van der Waals surface area contributed by atoms with Crippen LogP contribution in [0.5, 0.6) is 0 Å². The van der Waals surface area contributed by atoms with Crippen LogP contribution < -0.4 is 0 Å². The van der Waals surface area contributed by atoms with Crippen LogP contribution in [0, 0.1) is 0 Å². The van der Waals surface area contributed by atoms with Crippen molar-refractivity contribution in [3.8, 4) is 11.3 Å². The number of pyridine rings is 1. The molecular formula is C17H15N5. The minimum Gasteiger partial charge on any atom is -0.345 e. The van der Waals surface area contributed by atoms with E-state index in [0.29, 0.717) is 0 Å². The summed E-state index contributed by atoms with van der Waals surface area (Å²) in [6, 6.07) is 14.4. The van der Waals surface area contributed by atoms with Crippen molar-refractivity contribution in [2.24, 2.45) is 0 Å². The lowest BCUT2D eigenvalue weighted by Gasteiger charge is -2.00. The molecule has 0 fully saturated rings. The highest BCUT2D eigenvalue weighted by Gasteiger charge is 2.10. The first-order valence-corrected chi connectivity index (χ1v) is 7.27. The van der Waals surface area contributed by atoms with Crippen molar-refractivity contribution in [1.29, 1.82) is 0 Å². The minimum absolute atomic E-state index is 0.817. The molecule has 0 saturated carbocycles. The average Bonchev–Trinajstić information content (AvgIpc) is 3.20. The summed E-state index contributed by atoms with van der Waals surface area (Å²) in [4.78, 5) is 7.47. The SMILES string of the molecule is c1ccc(CCn2cc(-c3c[nH]c4ncccc34)nn2)cc1. The first kappa shape index (κ1) is 12.8. The third kappa shape index (κ3) is 2.37. The van der Waals surface area contributed by atoms with E-state index in [2.05, 4.69) is 44.5 Å². The van der Waals surface area contributed by atoms with Crippen molar-refractivity contribution in [1.82, 2.24) is 25.0 Å². The molecule has 0 unspecified atom stereocenters. The van der Waals surface area contributed by atoms with Crippen LogP contribution in [-0.2, 0) is 13.0 Å². The Morgan fingerprint density at radius 1 is 1.05 bits per heavy atom. The van der Waals surface area contributed by atoms with E-state index in [1.165, 1.54) is 5.56 Å². The molecule has 0 bridgehead atoms. The highest BCUT2D eigenvalue weighted by Crippen LogP contribution is 2.25. The van der Waals surface area contributed by atoms with Crippen LogP contribution in [0.3, 0.4) is 0 Å². The molecule has 3 heterocycles. The number of benzene rings is 1. The van der Waals surface area contributed by atoms with Crippen LogP contribution in [0.1, 0.15) is 5.56 Å². The number of nitrogens with zero attached hydrogens (tertiary/aromatic N) is 4. The summed E-state index contributed by atoms with van der Waals surface area (Å²) in [5.74, 6) is 0.